The van der Waals surface area contributed by atoms with Crippen molar-refractivity contribution in [1.82, 2.24) is 15.5 Å². The lowest BCUT2D eigenvalue weighted by atomic mass is 10.0. The molecule has 3 N–H and O–H groups in total. The van der Waals surface area contributed by atoms with E-state index in [2.05, 4.69) is 29.3 Å². The molecule has 0 fully saturated rings. The minimum Gasteiger partial charge on any atom is -0.352 e. The summed E-state index contributed by atoms with van der Waals surface area (Å²) in [6.45, 7) is 4.68. The first-order valence-electron chi connectivity index (χ1n) is 8.56. The molecule has 1 aromatic heterocycles. The Hall–Kier alpha value is -1.63. The molecule has 0 aliphatic carbocycles. The average molecular weight is 401 g/mol. The molecule has 0 saturated carbocycles. The molecule has 26 heavy (non-hydrogen) atoms. The van der Waals surface area contributed by atoms with Gasteiger partial charge in [-0.15, -0.1) is 12.4 Å². The summed E-state index contributed by atoms with van der Waals surface area (Å²) in [7, 11) is 0. The van der Waals surface area contributed by atoms with Gasteiger partial charge < -0.3 is 15.6 Å². The maximum absolute atomic E-state index is 12.0. The van der Waals surface area contributed by atoms with Gasteiger partial charge in [-0.25, -0.2) is 0 Å². The van der Waals surface area contributed by atoms with Crippen molar-refractivity contribution in [2.45, 2.75) is 45.6 Å². The van der Waals surface area contributed by atoms with Crippen LogP contribution in [0.2, 0.25) is 5.02 Å². The van der Waals surface area contributed by atoms with E-state index in [1.807, 2.05) is 12.1 Å². The number of aromatic nitrogens is 2. The first-order chi connectivity index (χ1) is 12.0. The molecule has 1 unspecified atom stereocenters. The minimum atomic E-state index is 0. The zero-order valence-corrected chi connectivity index (χ0v) is 16.6. The van der Waals surface area contributed by atoms with Gasteiger partial charge in [-0.1, -0.05) is 30.6 Å². The van der Waals surface area contributed by atoms with E-state index < -0.39 is 0 Å². The molecule has 0 aliphatic rings. The summed E-state index contributed by atoms with van der Waals surface area (Å²) in [5.41, 5.74) is 6.54. The van der Waals surface area contributed by atoms with Crippen LogP contribution < -0.4 is 11.1 Å². The Labute approximate surface area is 165 Å². The van der Waals surface area contributed by atoms with E-state index in [0.717, 1.165) is 12.0 Å². The van der Waals surface area contributed by atoms with Gasteiger partial charge in [0, 0.05) is 36.0 Å². The maximum Gasteiger partial charge on any atom is 0.226 e. The summed E-state index contributed by atoms with van der Waals surface area (Å²) in [6, 6.07) is 7.27. The number of hydrogen-bond donors (Lipinski definition) is 2. The summed E-state index contributed by atoms with van der Waals surface area (Å²) >= 11 is 5.87. The predicted molar refractivity (Wildman–Crippen MR) is 105 cm³/mol. The highest BCUT2D eigenvalue weighted by atomic mass is 35.5. The maximum atomic E-state index is 12.0. The van der Waals surface area contributed by atoms with Gasteiger partial charge in [0.1, 0.15) is 0 Å². The number of rotatable bonds is 9. The number of amides is 1. The van der Waals surface area contributed by atoms with Crippen LogP contribution in [0.25, 0.3) is 11.4 Å². The second-order valence-corrected chi connectivity index (χ2v) is 6.94. The molecule has 1 atom stereocenters. The molecular weight excluding hydrogens is 375 g/mol. The fourth-order valence-corrected chi connectivity index (χ4v) is 2.68. The molecule has 1 aromatic carbocycles. The van der Waals surface area contributed by atoms with Crippen molar-refractivity contribution >= 4 is 29.9 Å². The van der Waals surface area contributed by atoms with Gasteiger partial charge in [-0.3, -0.25) is 4.79 Å². The predicted octanol–water partition coefficient (Wildman–Crippen LogP) is 3.62. The van der Waals surface area contributed by atoms with E-state index in [-0.39, 0.29) is 24.4 Å². The van der Waals surface area contributed by atoms with Crippen molar-refractivity contribution in [2.24, 2.45) is 11.7 Å². The summed E-state index contributed by atoms with van der Waals surface area (Å²) in [4.78, 5) is 16.3. The fraction of sp³-hybridized carbons (Fsp3) is 0.500. The molecule has 1 heterocycles. The monoisotopic (exact) mass is 400 g/mol. The van der Waals surface area contributed by atoms with Crippen LogP contribution in [0.3, 0.4) is 0 Å². The zero-order valence-electron chi connectivity index (χ0n) is 15.1. The molecule has 6 nitrogen and oxygen atoms in total. The zero-order chi connectivity index (χ0) is 18.2. The molecule has 8 heteroatoms. The Balaban J connectivity index is 0.00000338. The largest absolute Gasteiger partial charge is 0.352 e. The summed E-state index contributed by atoms with van der Waals surface area (Å²) in [6.07, 6.45) is 2.50. The molecule has 1 amide bonds. The first kappa shape index (κ1) is 22.4. The number of aryl methyl sites for hydroxylation is 1. The fourth-order valence-electron chi connectivity index (χ4n) is 2.56. The van der Waals surface area contributed by atoms with Crippen LogP contribution in [0.5, 0.6) is 0 Å². The van der Waals surface area contributed by atoms with E-state index in [1.54, 1.807) is 12.1 Å². The molecule has 0 aliphatic heterocycles. The van der Waals surface area contributed by atoms with Crippen LogP contribution >= 0.6 is 24.0 Å². The lowest BCUT2D eigenvalue weighted by molar-refractivity contribution is -0.121. The number of nitrogens with zero attached hydrogens (tertiary/aromatic N) is 2. The third-order valence-electron chi connectivity index (χ3n) is 3.77. The van der Waals surface area contributed by atoms with E-state index in [9.17, 15) is 4.79 Å². The van der Waals surface area contributed by atoms with Crippen molar-refractivity contribution in [2.75, 3.05) is 6.54 Å². The minimum absolute atomic E-state index is 0. The SMILES string of the molecule is CC(C)CC(CN)NC(=O)CCCc1nc(-c2ccc(Cl)cc2)no1.Cl. The Morgan fingerprint density at radius 2 is 2.00 bits per heavy atom. The van der Waals surface area contributed by atoms with Crippen molar-refractivity contribution in [3.8, 4) is 11.4 Å². The normalized spacial score (nSPS) is 11.9. The quantitative estimate of drug-likeness (QED) is 0.669. The van der Waals surface area contributed by atoms with Gasteiger partial charge in [0.15, 0.2) is 0 Å². The van der Waals surface area contributed by atoms with Crippen molar-refractivity contribution in [3.05, 3.63) is 35.2 Å². The van der Waals surface area contributed by atoms with Crippen LogP contribution in [0.1, 0.15) is 39.0 Å². The van der Waals surface area contributed by atoms with Crippen LogP contribution in [-0.4, -0.2) is 28.6 Å². The summed E-state index contributed by atoms with van der Waals surface area (Å²) < 4.78 is 5.24. The van der Waals surface area contributed by atoms with Crippen LogP contribution in [0, 0.1) is 5.92 Å². The highest BCUT2D eigenvalue weighted by molar-refractivity contribution is 6.30. The second-order valence-electron chi connectivity index (χ2n) is 6.50. The third-order valence-corrected chi connectivity index (χ3v) is 4.02. The molecular formula is C18H26Cl2N4O2. The van der Waals surface area contributed by atoms with E-state index in [4.69, 9.17) is 21.9 Å². The Morgan fingerprint density at radius 1 is 1.31 bits per heavy atom. The average Bonchev–Trinajstić information content (AvgIpc) is 3.03. The highest BCUT2D eigenvalue weighted by Crippen LogP contribution is 2.19. The molecule has 0 spiro atoms. The molecule has 144 valence electrons. The Bertz CT molecular complexity index is 674. The van der Waals surface area contributed by atoms with Gasteiger partial charge in [0.25, 0.3) is 0 Å². The van der Waals surface area contributed by atoms with E-state index >= 15 is 0 Å². The number of nitrogens with one attached hydrogen (secondary N) is 1. The van der Waals surface area contributed by atoms with Crippen LogP contribution in [-0.2, 0) is 11.2 Å². The molecule has 2 aromatic rings. The molecule has 0 radical (unpaired) electrons. The standard InChI is InChI=1S/C18H25ClN4O2.ClH/c1-12(2)10-15(11-20)21-16(24)4-3-5-17-22-18(23-25-17)13-6-8-14(19)9-7-13;/h6-9,12,15H,3-5,10-11,20H2,1-2H3,(H,21,24);1H. The molecule has 0 bridgehead atoms. The first-order valence-corrected chi connectivity index (χ1v) is 8.93. The Morgan fingerprint density at radius 3 is 2.62 bits per heavy atom. The second kappa shape index (κ2) is 11.2. The lowest BCUT2D eigenvalue weighted by Gasteiger charge is -2.18. The van der Waals surface area contributed by atoms with Crippen molar-refractivity contribution in [3.63, 3.8) is 0 Å². The number of carbonyl (C=O) groups is 1. The molecule has 0 saturated heterocycles. The Kier molecular flexibility index (Phi) is 9.62. The third kappa shape index (κ3) is 7.32. The summed E-state index contributed by atoms with van der Waals surface area (Å²) in [5.74, 6) is 1.55. The van der Waals surface area contributed by atoms with Crippen LogP contribution in [0.4, 0.5) is 0 Å². The van der Waals surface area contributed by atoms with Gasteiger partial charge >= 0.3 is 0 Å². The lowest BCUT2D eigenvalue weighted by Crippen LogP contribution is -2.40. The molecule has 2 rings (SSSR count). The van der Waals surface area contributed by atoms with Crippen LogP contribution in [0.15, 0.2) is 28.8 Å². The van der Waals surface area contributed by atoms with Gasteiger partial charge in [0.2, 0.25) is 17.6 Å². The summed E-state index contributed by atoms with van der Waals surface area (Å²) in [5, 5.41) is 7.60. The van der Waals surface area contributed by atoms with Gasteiger partial charge in [0.05, 0.1) is 0 Å². The van der Waals surface area contributed by atoms with Gasteiger partial charge in [-0.05, 0) is 43.0 Å². The number of halogens is 2. The van der Waals surface area contributed by atoms with Gasteiger partial charge in [-0.2, -0.15) is 4.98 Å². The smallest absolute Gasteiger partial charge is 0.226 e. The van der Waals surface area contributed by atoms with Crippen molar-refractivity contribution in [1.29, 1.82) is 0 Å². The van der Waals surface area contributed by atoms with Crippen molar-refractivity contribution < 1.29 is 9.32 Å². The number of hydrogen-bond acceptors (Lipinski definition) is 5. The number of nitrogens with two attached hydrogens (primary N) is 1. The number of benzene rings is 1. The highest BCUT2D eigenvalue weighted by Gasteiger charge is 2.13. The number of carbonyl (C=O) groups excluding carboxylic acids is 1. The van der Waals surface area contributed by atoms with E-state index in [0.29, 0.717) is 48.5 Å². The topological polar surface area (TPSA) is 94.0 Å². The van der Waals surface area contributed by atoms with E-state index in [1.165, 1.54) is 0 Å².